The van der Waals surface area contributed by atoms with Gasteiger partial charge in [-0.3, -0.25) is 14.5 Å². The number of hydrogen-bond donors (Lipinski definition) is 2. The minimum atomic E-state index is -0.747. The number of nitriles is 1. The largest absolute Gasteiger partial charge is 0.369 e. The summed E-state index contributed by atoms with van der Waals surface area (Å²) in [7, 11) is 0. The number of nitrogens with one attached hydrogen (secondary N) is 1. The Morgan fingerprint density at radius 1 is 1.24 bits per heavy atom. The van der Waals surface area contributed by atoms with Crippen molar-refractivity contribution < 1.29 is 9.59 Å². The second-order valence-corrected chi connectivity index (χ2v) is 6.12. The van der Waals surface area contributed by atoms with Crippen LogP contribution in [0.2, 0.25) is 0 Å². The standard InChI is InChI=1S/C15H26N4O2/c1-12(2)19(9-13(17)20)10-14(21)18-15(11-16)7-5-3-4-6-8-15/h12H,3-10H2,1-2H3,(H2,17,20)(H,18,21). The molecule has 0 heterocycles. The summed E-state index contributed by atoms with van der Waals surface area (Å²) in [4.78, 5) is 25.0. The van der Waals surface area contributed by atoms with Gasteiger partial charge in [-0.2, -0.15) is 5.26 Å². The molecule has 3 N–H and O–H groups in total. The van der Waals surface area contributed by atoms with E-state index in [-0.39, 0.29) is 25.0 Å². The van der Waals surface area contributed by atoms with Crippen LogP contribution in [-0.4, -0.2) is 41.4 Å². The maximum absolute atomic E-state index is 12.2. The molecule has 1 aliphatic carbocycles. The molecular formula is C15H26N4O2. The minimum absolute atomic E-state index is 0.0374. The molecule has 0 aliphatic heterocycles. The summed E-state index contributed by atoms with van der Waals surface area (Å²) in [5.41, 5.74) is 4.45. The number of carbonyl (C=O) groups is 2. The van der Waals surface area contributed by atoms with E-state index in [4.69, 9.17) is 5.73 Å². The molecule has 118 valence electrons. The molecule has 2 amide bonds. The van der Waals surface area contributed by atoms with Crippen molar-refractivity contribution in [2.75, 3.05) is 13.1 Å². The zero-order valence-corrected chi connectivity index (χ0v) is 13.0. The predicted octanol–water partition coefficient (Wildman–Crippen LogP) is 0.915. The molecule has 6 heteroatoms. The molecular weight excluding hydrogens is 268 g/mol. The SMILES string of the molecule is CC(C)N(CC(N)=O)CC(=O)NC1(C#N)CCCCCC1. The molecule has 0 radical (unpaired) electrons. The molecule has 1 aliphatic rings. The third-order valence-electron chi connectivity index (χ3n) is 3.99. The normalized spacial score (nSPS) is 18.0. The summed E-state index contributed by atoms with van der Waals surface area (Å²) in [6, 6.07) is 2.33. The zero-order valence-electron chi connectivity index (χ0n) is 13.0. The number of amides is 2. The Bertz CT molecular complexity index is 406. The molecule has 0 unspecified atom stereocenters. The van der Waals surface area contributed by atoms with Crippen LogP contribution in [0.3, 0.4) is 0 Å². The van der Waals surface area contributed by atoms with Gasteiger partial charge in [0.2, 0.25) is 11.8 Å². The lowest BCUT2D eigenvalue weighted by atomic mass is 9.92. The van der Waals surface area contributed by atoms with Gasteiger partial charge in [-0.15, -0.1) is 0 Å². The van der Waals surface area contributed by atoms with Crippen molar-refractivity contribution in [1.82, 2.24) is 10.2 Å². The lowest BCUT2D eigenvalue weighted by Crippen LogP contribution is -2.52. The number of nitrogens with two attached hydrogens (primary N) is 1. The monoisotopic (exact) mass is 294 g/mol. The van der Waals surface area contributed by atoms with Crippen LogP contribution >= 0.6 is 0 Å². The summed E-state index contributed by atoms with van der Waals surface area (Å²) in [5.74, 6) is -0.672. The van der Waals surface area contributed by atoms with Crippen LogP contribution in [0.4, 0.5) is 0 Å². The van der Waals surface area contributed by atoms with Gasteiger partial charge >= 0.3 is 0 Å². The van der Waals surface area contributed by atoms with E-state index in [0.29, 0.717) is 12.8 Å². The highest BCUT2D eigenvalue weighted by Crippen LogP contribution is 2.26. The molecule has 1 fully saturated rings. The van der Waals surface area contributed by atoms with Crippen LogP contribution in [0.25, 0.3) is 0 Å². The summed E-state index contributed by atoms with van der Waals surface area (Å²) in [5, 5.41) is 12.3. The number of carbonyl (C=O) groups excluding carboxylic acids is 2. The molecule has 0 spiro atoms. The third kappa shape index (κ3) is 5.72. The smallest absolute Gasteiger partial charge is 0.235 e. The second-order valence-electron chi connectivity index (χ2n) is 6.12. The summed E-state index contributed by atoms with van der Waals surface area (Å²) in [6.45, 7) is 3.94. The van der Waals surface area contributed by atoms with Crippen LogP contribution in [-0.2, 0) is 9.59 Å². The van der Waals surface area contributed by atoms with Crippen molar-refractivity contribution in [2.24, 2.45) is 5.73 Å². The lowest BCUT2D eigenvalue weighted by Gasteiger charge is -2.29. The van der Waals surface area contributed by atoms with Crippen molar-refractivity contribution in [1.29, 1.82) is 5.26 Å². The highest BCUT2D eigenvalue weighted by atomic mass is 16.2. The molecule has 0 bridgehead atoms. The molecule has 1 saturated carbocycles. The maximum atomic E-state index is 12.2. The average Bonchev–Trinajstić information content (AvgIpc) is 2.63. The van der Waals surface area contributed by atoms with E-state index >= 15 is 0 Å². The summed E-state index contributed by atoms with van der Waals surface area (Å²) < 4.78 is 0. The van der Waals surface area contributed by atoms with Gasteiger partial charge in [0.05, 0.1) is 19.2 Å². The van der Waals surface area contributed by atoms with Crippen molar-refractivity contribution in [3.05, 3.63) is 0 Å². The van der Waals surface area contributed by atoms with Crippen LogP contribution in [0.1, 0.15) is 52.4 Å². The Labute approximate surface area is 126 Å². The number of nitrogens with zero attached hydrogens (tertiary/aromatic N) is 2. The van der Waals surface area contributed by atoms with E-state index in [1.54, 1.807) is 4.90 Å². The quantitative estimate of drug-likeness (QED) is 0.711. The first-order valence-corrected chi connectivity index (χ1v) is 7.63. The van der Waals surface area contributed by atoms with Crippen molar-refractivity contribution in [3.8, 4) is 6.07 Å². The Kier molecular flexibility index (Phi) is 6.63. The van der Waals surface area contributed by atoms with Gasteiger partial charge in [0.15, 0.2) is 0 Å². The van der Waals surface area contributed by atoms with Gasteiger partial charge in [0, 0.05) is 6.04 Å². The van der Waals surface area contributed by atoms with E-state index in [2.05, 4.69) is 11.4 Å². The molecule has 0 aromatic heterocycles. The Morgan fingerprint density at radius 2 is 1.81 bits per heavy atom. The van der Waals surface area contributed by atoms with Gasteiger partial charge in [0.25, 0.3) is 0 Å². The summed E-state index contributed by atoms with van der Waals surface area (Å²) in [6.07, 6.45) is 5.55. The van der Waals surface area contributed by atoms with Gasteiger partial charge < -0.3 is 11.1 Å². The highest BCUT2D eigenvalue weighted by Gasteiger charge is 2.33. The van der Waals surface area contributed by atoms with E-state index in [0.717, 1.165) is 25.7 Å². The molecule has 0 aromatic rings. The average molecular weight is 294 g/mol. The van der Waals surface area contributed by atoms with Crippen LogP contribution in [0, 0.1) is 11.3 Å². The molecule has 0 saturated heterocycles. The Hall–Kier alpha value is -1.61. The second kappa shape index (κ2) is 7.99. The maximum Gasteiger partial charge on any atom is 0.235 e. The zero-order chi connectivity index (χ0) is 15.9. The molecule has 6 nitrogen and oxygen atoms in total. The first kappa shape index (κ1) is 17.4. The fourth-order valence-corrected chi connectivity index (χ4v) is 2.71. The topological polar surface area (TPSA) is 99.2 Å². The number of primary amides is 1. The van der Waals surface area contributed by atoms with Crippen molar-refractivity contribution in [3.63, 3.8) is 0 Å². The van der Waals surface area contributed by atoms with Crippen LogP contribution in [0.5, 0.6) is 0 Å². The van der Waals surface area contributed by atoms with E-state index in [1.807, 2.05) is 13.8 Å². The van der Waals surface area contributed by atoms with Crippen LogP contribution < -0.4 is 11.1 Å². The fourth-order valence-electron chi connectivity index (χ4n) is 2.71. The third-order valence-corrected chi connectivity index (χ3v) is 3.99. The molecule has 0 atom stereocenters. The Morgan fingerprint density at radius 3 is 2.24 bits per heavy atom. The highest BCUT2D eigenvalue weighted by molar-refractivity contribution is 5.81. The van der Waals surface area contributed by atoms with Crippen molar-refractivity contribution >= 4 is 11.8 Å². The number of hydrogen-bond acceptors (Lipinski definition) is 4. The predicted molar refractivity (Wildman–Crippen MR) is 80.1 cm³/mol. The molecule has 0 aromatic carbocycles. The van der Waals surface area contributed by atoms with Crippen LogP contribution in [0.15, 0.2) is 0 Å². The van der Waals surface area contributed by atoms with Gasteiger partial charge in [-0.1, -0.05) is 25.7 Å². The van der Waals surface area contributed by atoms with E-state index in [1.165, 1.54) is 0 Å². The van der Waals surface area contributed by atoms with Gasteiger partial charge in [-0.05, 0) is 26.7 Å². The lowest BCUT2D eigenvalue weighted by molar-refractivity contribution is -0.125. The first-order valence-electron chi connectivity index (χ1n) is 7.63. The van der Waals surface area contributed by atoms with Gasteiger partial charge in [-0.25, -0.2) is 0 Å². The molecule has 21 heavy (non-hydrogen) atoms. The van der Waals surface area contributed by atoms with Crippen molar-refractivity contribution in [2.45, 2.75) is 64.0 Å². The summed E-state index contributed by atoms with van der Waals surface area (Å²) >= 11 is 0. The number of rotatable bonds is 6. The van der Waals surface area contributed by atoms with E-state index in [9.17, 15) is 14.9 Å². The Balaban J connectivity index is 2.65. The van der Waals surface area contributed by atoms with E-state index < -0.39 is 11.4 Å². The first-order chi connectivity index (χ1) is 9.88. The fraction of sp³-hybridized carbons (Fsp3) is 0.800. The van der Waals surface area contributed by atoms with Gasteiger partial charge in [0.1, 0.15) is 5.54 Å². The minimum Gasteiger partial charge on any atom is -0.369 e. The molecule has 1 rings (SSSR count).